The molecule has 4 heteroatoms. The molecule has 0 aromatic carbocycles. The molecule has 0 amide bonds. The van der Waals surface area contributed by atoms with Gasteiger partial charge in [-0.25, -0.2) is 9.97 Å². The Labute approximate surface area is 128 Å². The van der Waals surface area contributed by atoms with Gasteiger partial charge < -0.3 is 10.1 Å². The Bertz CT molecular complexity index is 471. The van der Waals surface area contributed by atoms with Crippen LogP contribution in [0.2, 0.25) is 0 Å². The van der Waals surface area contributed by atoms with Crippen LogP contribution in [0.3, 0.4) is 0 Å². The van der Waals surface area contributed by atoms with Crippen LogP contribution in [0.1, 0.15) is 58.1 Å². The Hall–Kier alpha value is -1.00. The Morgan fingerprint density at radius 3 is 2.86 bits per heavy atom. The maximum atomic E-state index is 5.76. The third-order valence-corrected chi connectivity index (χ3v) is 4.11. The van der Waals surface area contributed by atoms with Crippen molar-refractivity contribution in [2.45, 2.75) is 65.5 Å². The summed E-state index contributed by atoms with van der Waals surface area (Å²) in [5.74, 6) is 1.51. The standard InChI is InChI=1S/C17H29N3O/c1-6-21-17(4,5)16-19-11-14-9-13(10-18-12(2)3)7-8-15(14)20-16/h11-13,18H,6-10H2,1-5H3. The van der Waals surface area contributed by atoms with E-state index >= 15 is 0 Å². The number of aromatic nitrogens is 2. The van der Waals surface area contributed by atoms with Crippen molar-refractivity contribution < 1.29 is 4.74 Å². The van der Waals surface area contributed by atoms with Crippen LogP contribution in [-0.4, -0.2) is 29.2 Å². The molecule has 0 bridgehead atoms. The zero-order valence-corrected chi connectivity index (χ0v) is 14.1. The Morgan fingerprint density at radius 2 is 2.19 bits per heavy atom. The number of fused-ring (bicyclic) bond motifs is 1. The predicted octanol–water partition coefficient (Wildman–Crippen LogP) is 2.85. The number of nitrogens with zero attached hydrogens (tertiary/aromatic N) is 2. The third-order valence-electron chi connectivity index (χ3n) is 4.11. The number of aryl methyl sites for hydroxylation is 1. The highest BCUT2D eigenvalue weighted by atomic mass is 16.5. The third kappa shape index (κ3) is 4.24. The van der Waals surface area contributed by atoms with Crippen LogP contribution in [0.5, 0.6) is 0 Å². The highest BCUT2D eigenvalue weighted by Gasteiger charge is 2.27. The van der Waals surface area contributed by atoms with Gasteiger partial charge in [0, 0.05) is 24.5 Å². The first-order chi connectivity index (χ1) is 9.92. The first-order valence-corrected chi connectivity index (χ1v) is 8.15. The van der Waals surface area contributed by atoms with Gasteiger partial charge in [0.1, 0.15) is 5.60 Å². The van der Waals surface area contributed by atoms with Crippen LogP contribution in [0.25, 0.3) is 0 Å². The van der Waals surface area contributed by atoms with Crippen molar-refractivity contribution in [1.29, 1.82) is 0 Å². The van der Waals surface area contributed by atoms with Gasteiger partial charge >= 0.3 is 0 Å². The molecular weight excluding hydrogens is 262 g/mol. The van der Waals surface area contributed by atoms with E-state index in [9.17, 15) is 0 Å². The quantitative estimate of drug-likeness (QED) is 0.875. The molecule has 0 aliphatic heterocycles. The minimum absolute atomic E-state index is 0.403. The van der Waals surface area contributed by atoms with Crippen LogP contribution in [0.15, 0.2) is 6.20 Å². The second kappa shape index (κ2) is 6.84. The number of nitrogens with one attached hydrogen (secondary N) is 1. The van der Waals surface area contributed by atoms with Crippen molar-refractivity contribution in [3.63, 3.8) is 0 Å². The van der Waals surface area contributed by atoms with Gasteiger partial charge in [0.25, 0.3) is 0 Å². The molecule has 0 fully saturated rings. The van der Waals surface area contributed by atoms with Crippen LogP contribution in [0, 0.1) is 5.92 Å². The number of ether oxygens (including phenoxy) is 1. The lowest BCUT2D eigenvalue weighted by molar-refractivity contribution is -0.0210. The molecular formula is C17H29N3O. The summed E-state index contributed by atoms with van der Waals surface area (Å²) in [7, 11) is 0. The molecule has 0 saturated carbocycles. The summed E-state index contributed by atoms with van der Waals surface area (Å²) < 4.78 is 5.76. The summed E-state index contributed by atoms with van der Waals surface area (Å²) in [5.41, 5.74) is 2.13. The second-order valence-corrected chi connectivity index (χ2v) is 6.78. The summed E-state index contributed by atoms with van der Waals surface area (Å²) >= 11 is 0. The molecule has 1 aromatic heterocycles. The number of hydrogen-bond acceptors (Lipinski definition) is 4. The minimum Gasteiger partial charge on any atom is -0.368 e. The monoisotopic (exact) mass is 291 g/mol. The number of hydrogen-bond donors (Lipinski definition) is 1. The van der Waals surface area contributed by atoms with Crippen molar-refractivity contribution in [3.8, 4) is 0 Å². The van der Waals surface area contributed by atoms with Crippen LogP contribution in [-0.2, 0) is 23.2 Å². The fourth-order valence-electron chi connectivity index (χ4n) is 2.88. The van der Waals surface area contributed by atoms with E-state index in [2.05, 4.69) is 24.1 Å². The van der Waals surface area contributed by atoms with Crippen molar-refractivity contribution in [3.05, 3.63) is 23.3 Å². The maximum Gasteiger partial charge on any atom is 0.159 e. The first-order valence-electron chi connectivity index (χ1n) is 8.15. The molecule has 1 aliphatic carbocycles. The van der Waals surface area contributed by atoms with Gasteiger partial charge in [-0.1, -0.05) is 13.8 Å². The molecule has 1 N–H and O–H groups in total. The topological polar surface area (TPSA) is 47.0 Å². The fourth-order valence-corrected chi connectivity index (χ4v) is 2.88. The van der Waals surface area contributed by atoms with Gasteiger partial charge in [-0.15, -0.1) is 0 Å². The SMILES string of the molecule is CCOC(C)(C)c1ncc2c(n1)CCC(CNC(C)C)C2. The molecule has 1 heterocycles. The Balaban J connectivity index is 2.07. The molecule has 1 aliphatic rings. The average molecular weight is 291 g/mol. The fraction of sp³-hybridized carbons (Fsp3) is 0.765. The Morgan fingerprint density at radius 1 is 1.43 bits per heavy atom. The zero-order valence-electron chi connectivity index (χ0n) is 14.1. The van der Waals surface area contributed by atoms with Crippen molar-refractivity contribution in [2.24, 2.45) is 5.92 Å². The average Bonchev–Trinajstić information content (AvgIpc) is 2.44. The molecule has 1 atom stereocenters. The molecule has 21 heavy (non-hydrogen) atoms. The molecule has 0 spiro atoms. The number of rotatable bonds is 6. The smallest absolute Gasteiger partial charge is 0.159 e. The summed E-state index contributed by atoms with van der Waals surface area (Å²) in [6.07, 6.45) is 5.36. The van der Waals surface area contributed by atoms with Crippen molar-refractivity contribution >= 4 is 0 Å². The largest absolute Gasteiger partial charge is 0.368 e. The van der Waals surface area contributed by atoms with E-state index in [0.717, 1.165) is 25.2 Å². The van der Waals surface area contributed by atoms with Gasteiger partial charge in [-0.3, -0.25) is 0 Å². The van der Waals surface area contributed by atoms with Gasteiger partial charge in [-0.2, -0.15) is 0 Å². The molecule has 0 radical (unpaired) electrons. The summed E-state index contributed by atoms with van der Waals surface area (Å²) in [5, 5.41) is 3.54. The lowest BCUT2D eigenvalue weighted by Crippen LogP contribution is -2.32. The minimum atomic E-state index is -0.403. The van der Waals surface area contributed by atoms with Gasteiger partial charge in [0.15, 0.2) is 5.82 Å². The molecule has 4 nitrogen and oxygen atoms in total. The predicted molar refractivity (Wildman–Crippen MR) is 85.3 cm³/mol. The molecule has 0 saturated heterocycles. The highest BCUT2D eigenvalue weighted by Crippen LogP contribution is 2.27. The molecule has 118 valence electrons. The van der Waals surface area contributed by atoms with E-state index in [1.165, 1.54) is 17.7 Å². The van der Waals surface area contributed by atoms with Crippen LogP contribution < -0.4 is 5.32 Å². The van der Waals surface area contributed by atoms with E-state index in [-0.39, 0.29) is 0 Å². The molecule has 1 aromatic rings. The normalized spacial score (nSPS) is 18.9. The summed E-state index contributed by atoms with van der Waals surface area (Å²) in [6.45, 7) is 12.2. The van der Waals surface area contributed by atoms with Crippen molar-refractivity contribution in [1.82, 2.24) is 15.3 Å². The lowest BCUT2D eigenvalue weighted by Gasteiger charge is -2.28. The lowest BCUT2D eigenvalue weighted by atomic mass is 9.87. The van der Waals surface area contributed by atoms with Gasteiger partial charge in [-0.05, 0) is 58.1 Å². The molecule has 1 unspecified atom stereocenters. The van der Waals surface area contributed by atoms with E-state index < -0.39 is 5.60 Å². The molecule has 2 rings (SSSR count). The van der Waals surface area contributed by atoms with E-state index in [0.29, 0.717) is 18.6 Å². The van der Waals surface area contributed by atoms with E-state index in [1.807, 2.05) is 27.0 Å². The van der Waals surface area contributed by atoms with Crippen LogP contribution in [0.4, 0.5) is 0 Å². The Kier molecular flexibility index (Phi) is 5.33. The summed E-state index contributed by atoms with van der Waals surface area (Å²) in [4.78, 5) is 9.33. The zero-order chi connectivity index (χ0) is 15.5. The summed E-state index contributed by atoms with van der Waals surface area (Å²) in [6, 6.07) is 0.553. The maximum absolute atomic E-state index is 5.76. The first kappa shape index (κ1) is 16.4. The highest BCUT2D eigenvalue weighted by molar-refractivity contribution is 5.22. The van der Waals surface area contributed by atoms with E-state index in [4.69, 9.17) is 9.72 Å². The van der Waals surface area contributed by atoms with E-state index in [1.54, 1.807) is 0 Å². The van der Waals surface area contributed by atoms with Gasteiger partial charge in [0.2, 0.25) is 0 Å². The van der Waals surface area contributed by atoms with Gasteiger partial charge in [0.05, 0.1) is 0 Å². The second-order valence-electron chi connectivity index (χ2n) is 6.78. The van der Waals surface area contributed by atoms with Crippen LogP contribution >= 0.6 is 0 Å². The van der Waals surface area contributed by atoms with Crippen molar-refractivity contribution in [2.75, 3.05) is 13.2 Å².